The molecule has 190 valence electrons. The van der Waals surface area contributed by atoms with Gasteiger partial charge in [0.05, 0.1) is 6.21 Å². The largest absolute Gasteiger partial charge is 0.489 e. The minimum absolute atomic E-state index is 0.00598. The summed E-state index contributed by atoms with van der Waals surface area (Å²) in [4.78, 5) is 15.3. The number of hydrazone groups is 1. The number of likely N-dealkylation sites (tertiary alicyclic amines) is 1. The molecule has 1 saturated heterocycles. The first-order valence-corrected chi connectivity index (χ1v) is 12.0. The van der Waals surface area contributed by atoms with Crippen LogP contribution in [0.5, 0.6) is 5.75 Å². The molecular formula is C24H24ClN9O3. The molecule has 37 heavy (non-hydrogen) atoms. The van der Waals surface area contributed by atoms with Crippen molar-refractivity contribution in [1.82, 2.24) is 35.6 Å². The monoisotopic (exact) mass is 521 g/mol. The van der Waals surface area contributed by atoms with Gasteiger partial charge in [-0.05, 0) is 83.8 Å². The zero-order valence-electron chi connectivity index (χ0n) is 19.7. The lowest BCUT2D eigenvalue weighted by atomic mass is 10.2. The number of benzene rings is 2. The van der Waals surface area contributed by atoms with Gasteiger partial charge in [0.15, 0.2) is 5.69 Å². The Morgan fingerprint density at radius 3 is 2.59 bits per heavy atom. The average molecular weight is 522 g/mol. The molecule has 0 aliphatic carbocycles. The molecule has 0 bridgehead atoms. The zero-order valence-corrected chi connectivity index (χ0v) is 20.5. The molecule has 5 rings (SSSR count). The normalized spacial score (nSPS) is 13.9. The number of nitrogens with one attached hydrogen (secondary N) is 1. The van der Waals surface area contributed by atoms with E-state index < -0.39 is 5.91 Å². The van der Waals surface area contributed by atoms with Crippen LogP contribution in [-0.2, 0) is 13.2 Å². The standard InChI is InChI=1S/C24H24ClN9O3/c25-18-7-3-17(4-8-18)15-36-19-9-5-16(6-10-19)13-27-29-24(35)21-20(14-33-11-1-2-12-33)28-32-34(21)23-22(26)30-37-31-23/h3-10,13H,1-2,11-12,14-15H2,(H2,26,30)(H,29,35)/b27-13-. The van der Waals surface area contributed by atoms with Crippen LogP contribution in [0.3, 0.4) is 0 Å². The van der Waals surface area contributed by atoms with Gasteiger partial charge in [0.25, 0.3) is 5.91 Å². The molecule has 0 saturated carbocycles. The number of nitrogens with two attached hydrogens (primary N) is 1. The predicted octanol–water partition coefficient (Wildman–Crippen LogP) is 2.82. The summed E-state index contributed by atoms with van der Waals surface area (Å²) in [6.45, 7) is 2.75. The summed E-state index contributed by atoms with van der Waals surface area (Å²) < 4.78 is 11.7. The number of ether oxygens (including phenoxy) is 1. The van der Waals surface area contributed by atoms with Gasteiger partial charge in [-0.3, -0.25) is 9.69 Å². The van der Waals surface area contributed by atoms with Gasteiger partial charge in [-0.2, -0.15) is 9.78 Å². The fourth-order valence-electron chi connectivity index (χ4n) is 3.90. The minimum atomic E-state index is -0.513. The van der Waals surface area contributed by atoms with E-state index in [4.69, 9.17) is 22.1 Å². The van der Waals surface area contributed by atoms with E-state index in [1.54, 1.807) is 0 Å². The highest BCUT2D eigenvalue weighted by atomic mass is 35.5. The molecule has 2 aromatic heterocycles. The predicted molar refractivity (Wildman–Crippen MR) is 135 cm³/mol. The summed E-state index contributed by atoms with van der Waals surface area (Å²) >= 11 is 5.91. The van der Waals surface area contributed by atoms with Gasteiger partial charge in [-0.1, -0.05) is 28.9 Å². The van der Waals surface area contributed by atoms with Gasteiger partial charge in [0.1, 0.15) is 18.1 Å². The van der Waals surface area contributed by atoms with Crippen molar-refractivity contribution >= 4 is 29.5 Å². The van der Waals surface area contributed by atoms with E-state index in [1.807, 2.05) is 48.5 Å². The minimum Gasteiger partial charge on any atom is -0.489 e. The summed E-state index contributed by atoms with van der Waals surface area (Å²) in [5, 5.41) is 20.3. The molecule has 1 amide bonds. The molecule has 3 N–H and O–H groups in total. The van der Waals surface area contributed by atoms with E-state index in [0.717, 1.165) is 37.1 Å². The van der Waals surface area contributed by atoms with Crippen molar-refractivity contribution < 1.29 is 14.2 Å². The van der Waals surface area contributed by atoms with Gasteiger partial charge in [0.2, 0.25) is 11.6 Å². The van der Waals surface area contributed by atoms with Crippen molar-refractivity contribution in [2.45, 2.75) is 26.0 Å². The van der Waals surface area contributed by atoms with Crippen LogP contribution < -0.4 is 15.9 Å². The molecule has 0 spiro atoms. The maximum Gasteiger partial charge on any atom is 0.292 e. The molecule has 1 aliphatic heterocycles. The Bertz CT molecular complexity index is 1380. The number of hydrogen-bond donors (Lipinski definition) is 2. The Hall–Kier alpha value is -4.29. The Balaban J connectivity index is 1.24. The quantitative estimate of drug-likeness (QED) is 0.250. The van der Waals surface area contributed by atoms with Gasteiger partial charge in [0, 0.05) is 11.6 Å². The van der Waals surface area contributed by atoms with Crippen LogP contribution >= 0.6 is 11.6 Å². The van der Waals surface area contributed by atoms with E-state index in [1.165, 1.54) is 10.9 Å². The van der Waals surface area contributed by atoms with Crippen molar-refractivity contribution in [1.29, 1.82) is 0 Å². The molecule has 13 heteroatoms. The van der Waals surface area contributed by atoms with Gasteiger partial charge in [-0.15, -0.1) is 5.10 Å². The van der Waals surface area contributed by atoms with E-state index in [2.05, 4.69) is 40.7 Å². The smallest absolute Gasteiger partial charge is 0.292 e. The second-order valence-electron chi connectivity index (χ2n) is 8.44. The molecule has 0 unspecified atom stereocenters. The highest BCUT2D eigenvalue weighted by Gasteiger charge is 2.26. The van der Waals surface area contributed by atoms with Crippen molar-refractivity contribution in [3.8, 4) is 11.6 Å². The van der Waals surface area contributed by atoms with Crippen LogP contribution in [0.2, 0.25) is 5.02 Å². The van der Waals surface area contributed by atoms with Crippen molar-refractivity contribution in [3.05, 3.63) is 76.1 Å². The van der Waals surface area contributed by atoms with Crippen LogP contribution in [0.25, 0.3) is 5.82 Å². The molecule has 2 aromatic carbocycles. The summed E-state index contributed by atoms with van der Waals surface area (Å²) in [6.07, 6.45) is 3.73. The molecule has 12 nitrogen and oxygen atoms in total. The van der Waals surface area contributed by atoms with Crippen molar-refractivity contribution in [2.24, 2.45) is 5.10 Å². The van der Waals surface area contributed by atoms with Crippen LogP contribution in [-0.4, -0.2) is 55.4 Å². The van der Waals surface area contributed by atoms with Crippen molar-refractivity contribution in [3.63, 3.8) is 0 Å². The van der Waals surface area contributed by atoms with Crippen LogP contribution in [0, 0.1) is 0 Å². The van der Waals surface area contributed by atoms with E-state index >= 15 is 0 Å². The highest BCUT2D eigenvalue weighted by Crippen LogP contribution is 2.19. The lowest BCUT2D eigenvalue weighted by Gasteiger charge is -2.13. The lowest BCUT2D eigenvalue weighted by Crippen LogP contribution is -2.26. The second kappa shape index (κ2) is 11.2. The van der Waals surface area contributed by atoms with Crippen LogP contribution in [0.1, 0.15) is 40.2 Å². The molecule has 1 fully saturated rings. The summed E-state index contributed by atoms with van der Waals surface area (Å²) in [6, 6.07) is 14.8. The van der Waals surface area contributed by atoms with Gasteiger partial charge >= 0.3 is 0 Å². The first kappa shape index (κ1) is 24.4. The number of nitrogens with zero attached hydrogens (tertiary/aromatic N) is 7. The summed E-state index contributed by atoms with van der Waals surface area (Å²) in [5.41, 5.74) is 10.8. The van der Waals surface area contributed by atoms with Crippen molar-refractivity contribution in [2.75, 3.05) is 18.8 Å². The number of aromatic nitrogens is 5. The van der Waals surface area contributed by atoms with Gasteiger partial charge in [-0.25, -0.2) is 10.1 Å². The Labute approximate surface area is 217 Å². The Morgan fingerprint density at radius 1 is 1.14 bits per heavy atom. The van der Waals surface area contributed by atoms with Gasteiger partial charge < -0.3 is 10.5 Å². The van der Waals surface area contributed by atoms with E-state index in [-0.39, 0.29) is 17.3 Å². The maximum absolute atomic E-state index is 13.1. The lowest BCUT2D eigenvalue weighted by molar-refractivity contribution is 0.0945. The molecule has 4 aromatic rings. The van der Waals surface area contributed by atoms with E-state index in [9.17, 15) is 4.79 Å². The Kier molecular flexibility index (Phi) is 7.38. The summed E-state index contributed by atoms with van der Waals surface area (Å²) in [7, 11) is 0. The topological polar surface area (TPSA) is 150 Å². The molecule has 3 heterocycles. The number of hydrogen-bond acceptors (Lipinski definition) is 10. The number of nitrogen functional groups attached to an aromatic ring is 1. The number of halogens is 1. The second-order valence-corrected chi connectivity index (χ2v) is 8.87. The SMILES string of the molecule is Nc1nonc1-n1nnc(CN2CCCC2)c1C(=O)N/N=C\c1ccc(OCc2ccc(Cl)cc2)cc1. The number of rotatable bonds is 9. The number of carbonyl (C=O) groups excluding carboxylic acids is 1. The Morgan fingerprint density at radius 2 is 1.89 bits per heavy atom. The van der Waals surface area contributed by atoms with Crippen LogP contribution in [0.15, 0.2) is 58.3 Å². The third kappa shape index (κ3) is 5.93. The first-order valence-electron chi connectivity index (χ1n) is 11.6. The molecule has 0 radical (unpaired) electrons. The number of amides is 1. The van der Waals surface area contributed by atoms with Crippen LogP contribution in [0.4, 0.5) is 5.82 Å². The maximum atomic E-state index is 13.1. The number of anilines is 1. The average Bonchev–Trinajstić information content (AvgIpc) is 3.66. The first-order chi connectivity index (χ1) is 18.1. The third-order valence-electron chi connectivity index (χ3n) is 5.80. The fraction of sp³-hybridized carbons (Fsp3) is 0.250. The van der Waals surface area contributed by atoms with E-state index in [0.29, 0.717) is 29.6 Å². The fourth-order valence-corrected chi connectivity index (χ4v) is 4.03. The highest BCUT2D eigenvalue weighted by molar-refractivity contribution is 6.30. The number of carbonyl (C=O) groups is 1. The molecule has 1 aliphatic rings. The third-order valence-corrected chi connectivity index (χ3v) is 6.05. The zero-order chi connectivity index (χ0) is 25.6. The summed E-state index contributed by atoms with van der Waals surface area (Å²) in [5.74, 6) is 0.272. The molecular weight excluding hydrogens is 498 g/mol. The molecule has 0 atom stereocenters.